The van der Waals surface area contributed by atoms with Crippen molar-refractivity contribution in [3.8, 4) is 28.7 Å². The van der Waals surface area contributed by atoms with Crippen LogP contribution >= 0.6 is 0 Å². The van der Waals surface area contributed by atoms with Gasteiger partial charge in [-0.2, -0.15) is 0 Å². The molecule has 2 aromatic rings. The van der Waals surface area contributed by atoms with Crippen LogP contribution in [0.1, 0.15) is 21.5 Å². The monoisotopic (exact) mass is 373 g/mol. The maximum absolute atomic E-state index is 12.5. The van der Waals surface area contributed by atoms with Crippen LogP contribution in [0.5, 0.6) is 28.7 Å². The summed E-state index contributed by atoms with van der Waals surface area (Å²) in [7, 11) is 5.91. The molecule has 0 unspecified atom stereocenters. The van der Waals surface area contributed by atoms with Gasteiger partial charge in [0.1, 0.15) is 6.54 Å². The standard InChI is InChI=1S/C20H23NO6/c1-12-6-14(20(27-5)18(7-12)26-4)10-21-11-15(22)13-8-16(24-2)19(23)17(9-13)25-3/h6-10,23H,11H2,1-5H3. The number of methoxy groups -OCH3 is 4. The zero-order chi connectivity index (χ0) is 20.0. The Morgan fingerprint density at radius 2 is 1.56 bits per heavy atom. The summed E-state index contributed by atoms with van der Waals surface area (Å²) in [5.41, 5.74) is 2.02. The van der Waals surface area contributed by atoms with Crippen LogP contribution in [0.25, 0.3) is 0 Å². The van der Waals surface area contributed by atoms with E-state index in [0.717, 1.165) is 5.56 Å². The zero-order valence-corrected chi connectivity index (χ0v) is 16.0. The number of aromatic hydroxyl groups is 1. The lowest BCUT2D eigenvalue weighted by Crippen LogP contribution is -2.05. The van der Waals surface area contributed by atoms with Crippen LogP contribution in [0.3, 0.4) is 0 Å². The second-order valence-electron chi connectivity index (χ2n) is 5.71. The van der Waals surface area contributed by atoms with Crippen LogP contribution in [0.15, 0.2) is 29.3 Å². The van der Waals surface area contributed by atoms with Crippen molar-refractivity contribution < 1.29 is 28.8 Å². The van der Waals surface area contributed by atoms with Gasteiger partial charge < -0.3 is 24.1 Å². The minimum Gasteiger partial charge on any atom is -0.502 e. The number of aliphatic imine (C=N–C) groups is 1. The molecular formula is C20H23NO6. The minimum absolute atomic E-state index is 0.0868. The molecule has 0 spiro atoms. The molecule has 0 aromatic heterocycles. The predicted molar refractivity (Wildman–Crippen MR) is 102 cm³/mol. The summed E-state index contributed by atoms with van der Waals surface area (Å²) < 4.78 is 20.8. The Bertz CT molecular complexity index is 835. The third-order valence-electron chi connectivity index (χ3n) is 3.92. The van der Waals surface area contributed by atoms with Crippen LogP contribution in [0, 0.1) is 6.92 Å². The summed E-state index contributed by atoms with van der Waals surface area (Å²) in [6.07, 6.45) is 1.57. The lowest BCUT2D eigenvalue weighted by Gasteiger charge is -2.11. The third kappa shape index (κ3) is 4.49. The molecule has 0 saturated carbocycles. The van der Waals surface area contributed by atoms with Gasteiger partial charge in [0.05, 0.1) is 28.4 Å². The molecule has 0 amide bonds. The van der Waals surface area contributed by atoms with Crippen molar-refractivity contribution in [1.29, 1.82) is 0 Å². The molecule has 2 aromatic carbocycles. The molecular weight excluding hydrogens is 350 g/mol. The summed E-state index contributed by atoms with van der Waals surface area (Å²) in [6.45, 7) is 1.84. The SMILES string of the molecule is COc1cc(C(=O)CN=Cc2cc(C)cc(OC)c2OC)cc(OC)c1O. The van der Waals surface area contributed by atoms with Crippen molar-refractivity contribution in [1.82, 2.24) is 0 Å². The largest absolute Gasteiger partial charge is 0.502 e. The van der Waals surface area contributed by atoms with E-state index in [9.17, 15) is 9.90 Å². The normalized spacial score (nSPS) is 10.7. The number of rotatable bonds is 8. The summed E-state index contributed by atoms with van der Waals surface area (Å²) in [5.74, 6) is 1.06. The fourth-order valence-electron chi connectivity index (χ4n) is 2.61. The van der Waals surface area contributed by atoms with Crippen LogP contribution < -0.4 is 18.9 Å². The van der Waals surface area contributed by atoms with Crippen LogP contribution in [0.2, 0.25) is 0 Å². The molecule has 0 heterocycles. The number of phenols is 1. The highest BCUT2D eigenvalue weighted by Gasteiger charge is 2.15. The van der Waals surface area contributed by atoms with Gasteiger partial charge in [0, 0.05) is 17.3 Å². The second-order valence-corrected chi connectivity index (χ2v) is 5.71. The molecule has 0 saturated heterocycles. The lowest BCUT2D eigenvalue weighted by molar-refractivity contribution is 0.100. The van der Waals surface area contributed by atoms with Gasteiger partial charge in [0.2, 0.25) is 5.75 Å². The van der Waals surface area contributed by atoms with Crippen molar-refractivity contribution in [3.63, 3.8) is 0 Å². The highest BCUT2D eigenvalue weighted by atomic mass is 16.5. The summed E-state index contributed by atoms with van der Waals surface area (Å²) in [4.78, 5) is 16.7. The van der Waals surface area contributed by atoms with Gasteiger partial charge in [-0.1, -0.05) is 0 Å². The van der Waals surface area contributed by atoms with E-state index in [4.69, 9.17) is 18.9 Å². The number of ether oxygens (including phenoxy) is 4. The Morgan fingerprint density at radius 3 is 2.07 bits per heavy atom. The van der Waals surface area contributed by atoms with Gasteiger partial charge in [-0.25, -0.2) is 0 Å². The van der Waals surface area contributed by atoms with Gasteiger partial charge in [-0.3, -0.25) is 9.79 Å². The van der Waals surface area contributed by atoms with Gasteiger partial charge in [-0.15, -0.1) is 0 Å². The molecule has 0 aliphatic carbocycles. The van der Waals surface area contributed by atoms with Crippen LogP contribution in [-0.2, 0) is 0 Å². The Hall–Kier alpha value is -3.22. The van der Waals surface area contributed by atoms with E-state index in [1.165, 1.54) is 26.4 Å². The smallest absolute Gasteiger partial charge is 0.200 e. The van der Waals surface area contributed by atoms with E-state index in [1.807, 2.05) is 19.1 Å². The average Bonchev–Trinajstić information content (AvgIpc) is 2.67. The van der Waals surface area contributed by atoms with E-state index in [2.05, 4.69) is 4.99 Å². The first-order chi connectivity index (χ1) is 12.9. The fourth-order valence-corrected chi connectivity index (χ4v) is 2.61. The van der Waals surface area contributed by atoms with Crippen molar-refractivity contribution in [2.75, 3.05) is 35.0 Å². The molecule has 0 bridgehead atoms. The average molecular weight is 373 g/mol. The van der Waals surface area contributed by atoms with Crippen LogP contribution in [-0.4, -0.2) is 52.1 Å². The first kappa shape index (κ1) is 20.1. The van der Waals surface area contributed by atoms with Crippen molar-refractivity contribution in [2.45, 2.75) is 6.92 Å². The Balaban J connectivity index is 2.25. The second kappa shape index (κ2) is 8.93. The van der Waals surface area contributed by atoms with Crippen LogP contribution in [0.4, 0.5) is 0 Å². The molecule has 2 rings (SSSR count). The molecule has 144 valence electrons. The molecule has 0 fully saturated rings. The number of Topliss-reactive ketones (excluding diaryl/α,β-unsaturated/α-hetero) is 1. The van der Waals surface area contributed by atoms with Crippen molar-refractivity contribution in [2.24, 2.45) is 4.99 Å². The van der Waals surface area contributed by atoms with E-state index in [-0.39, 0.29) is 29.6 Å². The van der Waals surface area contributed by atoms with Gasteiger partial charge in [0.15, 0.2) is 28.8 Å². The number of ketones is 1. The molecule has 7 heteroatoms. The van der Waals surface area contributed by atoms with Gasteiger partial charge >= 0.3 is 0 Å². The summed E-state index contributed by atoms with van der Waals surface area (Å²) >= 11 is 0. The maximum atomic E-state index is 12.5. The molecule has 0 atom stereocenters. The zero-order valence-electron chi connectivity index (χ0n) is 16.0. The number of carbonyl (C=O) groups excluding carboxylic acids is 1. The quantitative estimate of drug-likeness (QED) is 0.565. The first-order valence-corrected chi connectivity index (χ1v) is 8.15. The minimum atomic E-state index is -0.249. The predicted octanol–water partition coefficient (Wildman–Crippen LogP) is 3.04. The maximum Gasteiger partial charge on any atom is 0.200 e. The van der Waals surface area contributed by atoms with Crippen molar-refractivity contribution in [3.05, 3.63) is 41.0 Å². The molecule has 0 radical (unpaired) electrons. The summed E-state index contributed by atoms with van der Waals surface area (Å²) in [5, 5.41) is 9.94. The molecule has 1 N–H and O–H groups in total. The Labute approximate surface area is 158 Å². The Kier molecular flexibility index (Phi) is 6.65. The number of carbonyl (C=O) groups is 1. The highest BCUT2D eigenvalue weighted by molar-refractivity contribution is 6.00. The molecule has 27 heavy (non-hydrogen) atoms. The van der Waals surface area contributed by atoms with E-state index < -0.39 is 0 Å². The molecule has 7 nitrogen and oxygen atoms in total. The number of nitrogens with zero attached hydrogens (tertiary/aromatic N) is 1. The molecule has 0 aliphatic rings. The molecule has 0 aliphatic heterocycles. The Morgan fingerprint density at radius 1 is 0.963 bits per heavy atom. The third-order valence-corrected chi connectivity index (χ3v) is 3.92. The first-order valence-electron chi connectivity index (χ1n) is 8.15. The van der Waals surface area contributed by atoms with Gasteiger partial charge in [-0.05, 0) is 36.8 Å². The van der Waals surface area contributed by atoms with E-state index in [0.29, 0.717) is 22.6 Å². The van der Waals surface area contributed by atoms with E-state index >= 15 is 0 Å². The number of aryl methyl sites for hydroxylation is 1. The van der Waals surface area contributed by atoms with E-state index in [1.54, 1.807) is 20.4 Å². The number of benzene rings is 2. The topological polar surface area (TPSA) is 86.6 Å². The number of hydrogen-bond donors (Lipinski definition) is 1. The number of phenolic OH excluding ortho intramolecular Hbond substituents is 1. The fraction of sp³-hybridized carbons (Fsp3) is 0.300. The number of hydrogen-bond acceptors (Lipinski definition) is 7. The lowest BCUT2D eigenvalue weighted by atomic mass is 10.1. The van der Waals surface area contributed by atoms with Crippen molar-refractivity contribution >= 4 is 12.0 Å². The summed E-state index contributed by atoms with van der Waals surface area (Å²) in [6, 6.07) is 6.65. The van der Waals surface area contributed by atoms with Gasteiger partial charge in [0.25, 0.3) is 0 Å². The highest BCUT2D eigenvalue weighted by Crippen LogP contribution is 2.37.